The molecule has 0 aromatic heterocycles. The Kier molecular flexibility index (Phi) is 3.06. The van der Waals surface area contributed by atoms with Gasteiger partial charge in [0.1, 0.15) is 23.1 Å². The second-order valence-electron chi connectivity index (χ2n) is 4.28. The average molecular weight is 279 g/mol. The first-order valence-electron chi connectivity index (χ1n) is 5.94. The molecule has 2 aromatic rings. The Morgan fingerprint density at radius 3 is 2.45 bits per heavy atom. The highest BCUT2D eigenvalue weighted by Gasteiger charge is 2.17. The number of halogens is 2. The molecule has 0 atom stereocenters. The number of phenols is 1. The maximum Gasteiger partial charge on any atom is 0.231 e. The van der Waals surface area contributed by atoms with E-state index in [9.17, 15) is 13.9 Å². The third-order valence-corrected chi connectivity index (χ3v) is 2.99. The SMILES string of the molecule is Oc1cc2c(cc1CNc1c(F)cccc1F)OCO2. The molecule has 1 aliphatic heterocycles. The smallest absolute Gasteiger partial charge is 0.231 e. The van der Waals surface area contributed by atoms with Crippen LogP contribution in [0.2, 0.25) is 0 Å². The van der Waals surface area contributed by atoms with E-state index in [0.29, 0.717) is 17.1 Å². The zero-order valence-electron chi connectivity index (χ0n) is 10.3. The predicted molar refractivity (Wildman–Crippen MR) is 67.9 cm³/mol. The molecule has 1 aliphatic rings. The van der Waals surface area contributed by atoms with Gasteiger partial charge in [0, 0.05) is 18.2 Å². The minimum absolute atomic E-state index is 0.0292. The molecule has 104 valence electrons. The second kappa shape index (κ2) is 4.88. The van der Waals surface area contributed by atoms with Crippen molar-refractivity contribution < 1.29 is 23.4 Å². The third-order valence-electron chi connectivity index (χ3n) is 2.99. The molecule has 0 spiro atoms. The number of aromatic hydroxyl groups is 1. The van der Waals surface area contributed by atoms with Gasteiger partial charge in [0.2, 0.25) is 6.79 Å². The number of benzene rings is 2. The number of nitrogens with one attached hydrogen (secondary N) is 1. The van der Waals surface area contributed by atoms with Gasteiger partial charge in [0.05, 0.1) is 0 Å². The first-order valence-corrected chi connectivity index (χ1v) is 5.94. The molecule has 20 heavy (non-hydrogen) atoms. The third kappa shape index (κ3) is 2.20. The van der Waals surface area contributed by atoms with Gasteiger partial charge < -0.3 is 19.9 Å². The fourth-order valence-electron chi connectivity index (χ4n) is 1.97. The van der Waals surface area contributed by atoms with E-state index in [2.05, 4.69) is 5.32 Å². The molecule has 0 radical (unpaired) electrons. The van der Waals surface area contributed by atoms with Crippen molar-refractivity contribution in [2.24, 2.45) is 0 Å². The van der Waals surface area contributed by atoms with Crippen LogP contribution in [0.15, 0.2) is 30.3 Å². The van der Waals surface area contributed by atoms with Crippen molar-refractivity contribution in [3.05, 3.63) is 47.5 Å². The molecule has 0 bridgehead atoms. The Morgan fingerprint density at radius 1 is 1.10 bits per heavy atom. The molecule has 0 fully saturated rings. The summed E-state index contributed by atoms with van der Waals surface area (Å²) in [4.78, 5) is 0. The zero-order chi connectivity index (χ0) is 14.1. The average Bonchev–Trinajstić information content (AvgIpc) is 2.85. The van der Waals surface area contributed by atoms with Crippen LogP contribution in [0.4, 0.5) is 14.5 Å². The zero-order valence-corrected chi connectivity index (χ0v) is 10.3. The van der Waals surface area contributed by atoms with E-state index in [-0.39, 0.29) is 24.8 Å². The maximum absolute atomic E-state index is 13.5. The fourth-order valence-corrected chi connectivity index (χ4v) is 1.97. The first kappa shape index (κ1) is 12.5. The number of fused-ring (bicyclic) bond motifs is 1. The van der Waals surface area contributed by atoms with E-state index in [4.69, 9.17) is 9.47 Å². The second-order valence-corrected chi connectivity index (χ2v) is 4.28. The molecule has 2 N–H and O–H groups in total. The van der Waals surface area contributed by atoms with Crippen molar-refractivity contribution in [3.63, 3.8) is 0 Å². The van der Waals surface area contributed by atoms with Gasteiger partial charge in [-0.3, -0.25) is 0 Å². The van der Waals surface area contributed by atoms with Crippen LogP contribution in [0, 0.1) is 11.6 Å². The summed E-state index contributed by atoms with van der Waals surface area (Å²) in [5.74, 6) is -0.467. The number of anilines is 1. The summed E-state index contributed by atoms with van der Waals surface area (Å²) in [6, 6.07) is 6.59. The summed E-state index contributed by atoms with van der Waals surface area (Å²) in [7, 11) is 0. The highest BCUT2D eigenvalue weighted by molar-refractivity contribution is 5.53. The number of ether oxygens (including phenoxy) is 2. The van der Waals surface area contributed by atoms with Crippen LogP contribution in [0.3, 0.4) is 0 Å². The largest absolute Gasteiger partial charge is 0.507 e. The Hall–Kier alpha value is -2.50. The van der Waals surface area contributed by atoms with Crippen LogP contribution in [0.1, 0.15) is 5.56 Å². The molecule has 4 nitrogen and oxygen atoms in total. The minimum atomic E-state index is -0.690. The van der Waals surface area contributed by atoms with E-state index in [0.717, 1.165) is 12.1 Å². The highest BCUT2D eigenvalue weighted by atomic mass is 19.1. The van der Waals surface area contributed by atoms with Gasteiger partial charge in [-0.25, -0.2) is 8.78 Å². The molecule has 3 rings (SSSR count). The van der Waals surface area contributed by atoms with Crippen molar-refractivity contribution in [1.82, 2.24) is 0 Å². The van der Waals surface area contributed by atoms with Gasteiger partial charge in [-0.2, -0.15) is 0 Å². The monoisotopic (exact) mass is 279 g/mol. The molecule has 0 saturated carbocycles. The van der Waals surface area contributed by atoms with Crippen molar-refractivity contribution in [2.75, 3.05) is 12.1 Å². The van der Waals surface area contributed by atoms with Crippen LogP contribution >= 0.6 is 0 Å². The Labute approximate surface area is 113 Å². The van der Waals surface area contributed by atoms with E-state index in [1.165, 1.54) is 12.1 Å². The van der Waals surface area contributed by atoms with Crippen LogP contribution in [0.5, 0.6) is 17.2 Å². The Balaban J connectivity index is 1.82. The minimum Gasteiger partial charge on any atom is -0.507 e. The standard InChI is InChI=1S/C14H11F2NO3/c15-9-2-1-3-10(16)14(9)17-6-8-4-12-13(5-11(8)18)20-7-19-12/h1-5,17-18H,6-7H2. The lowest BCUT2D eigenvalue weighted by atomic mass is 10.1. The quantitative estimate of drug-likeness (QED) is 0.906. The Morgan fingerprint density at radius 2 is 1.75 bits per heavy atom. The molecule has 0 saturated heterocycles. The molecular weight excluding hydrogens is 268 g/mol. The van der Waals surface area contributed by atoms with Crippen molar-refractivity contribution in [2.45, 2.75) is 6.54 Å². The van der Waals surface area contributed by atoms with Crippen molar-refractivity contribution in [3.8, 4) is 17.2 Å². The summed E-state index contributed by atoms with van der Waals surface area (Å²) in [5.41, 5.74) is 0.224. The summed E-state index contributed by atoms with van der Waals surface area (Å²) in [6.07, 6.45) is 0. The highest BCUT2D eigenvalue weighted by Crippen LogP contribution is 2.37. The lowest BCUT2D eigenvalue weighted by molar-refractivity contribution is 0.174. The van der Waals surface area contributed by atoms with E-state index in [1.54, 1.807) is 6.07 Å². The van der Waals surface area contributed by atoms with Crippen LogP contribution in [0.25, 0.3) is 0 Å². The van der Waals surface area contributed by atoms with Crippen LogP contribution < -0.4 is 14.8 Å². The molecule has 0 amide bonds. The molecular formula is C14H11F2NO3. The van der Waals surface area contributed by atoms with Gasteiger partial charge in [-0.1, -0.05) is 6.07 Å². The molecule has 6 heteroatoms. The Bertz CT molecular complexity index is 641. The summed E-state index contributed by atoms with van der Waals surface area (Å²) in [6.45, 7) is 0.147. The van der Waals surface area contributed by atoms with E-state index < -0.39 is 11.6 Å². The van der Waals surface area contributed by atoms with Crippen LogP contribution in [-0.2, 0) is 6.54 Å². The summed E-state index contributed by atoms with van der Waals surface area (Å²) < 4.78 is 37.2. The van der Waals surface area contributed by atoms with E-state index >= 15 is 0 Å². The van der Waals surface area contributed by atoms with E-state index in [1.807, 2.05) is 0 Å². The topological polar surface area (TPSA) is 50.7 Å². The number of hydrogen-bond acceptors (Lipinski definition) is 4. The molecule has 0 unspecified atom stereocenters. The van der Waals surface area contributed by atoms with Gasteiger partial charge in [-0.15, -0.1) is 0 Å². The van der Waals surface area contributed by atoms with Gasteiger partial charge in [-0.05, 0) is 18.2 Å². The van der Waals surface area contributed by atoms with Crippen molar-refractivity contribution in [1.29, 1.82) is 0 Å². The lowest BCUT2D eigenvalue weighted by Crippen LogP contribution is -2.04. The first-order chi connectivity index (χ1) is 9.65. The maximum atomic E-state index is 13.5. The fraction of sp³-hybridized carbons (Fsp3) is 0.143. The molecule has 0 aliphatic carbocycles. The van der Waals surface area contributed by atoms with Crippen molar-refractivity contribution >= 4 is 5.69 Å². The number of para-hydroxylation sites is 1. The van der Waals surface area contributed by atoms with Gasteiger partial charge >= 0.3 is 0 Å². The van der Waals surface area contributed by atoms with Gasteiger partial charge in [0.25, 0.3) is 0 Å². The predicted octanol–water partition coefficient (Wildman–Crippen LogP) is 3.01. The number of rotatable bonds is 3. The molecule has 2 aromatic carbocycles. The lowest BCUT2D eigenvalue weighted by Gasteiger charge is -2.10. The molecule has 1 heterocycles. The van der Waals surface area contributed by atoms with Gasteiger partial charge in [0.15, 0.2) is 11.5 Å². The number of phenolic OH excluding ortho intramolecular Hbond substituents is 1. The summed E-state index contributed by atoms with van der Waals surface area (Å²) >= 11 is 0. The number of hydrogen-bond donors (Lipinski definition) is 2. The summed E-state index contributed by atoms with van der Waals surface area (Å²) in [5, 5.41) is 12.5. The normalized spacial score (nSPS) is 12.5. The van der Waals surface area contributed by atoms with Crippen LogP contribution in [-0.4, -0.2) is 11.9 Å².